The van der Waals surface area contributed by atoms with Gasteiger partial charge in [-0.05, 0) is 105 Å². The average molecular weight is 762 g/mol. The van der Waals surface area contributed by atoms with Gasteiger partial charge in [0.1, 0.15) is 35.6 Å². The van der Waals surface area contributed by atoms with E-state index in [-0.39, 0.29) is 36.0 Å². The van der Waals surface area contributed by atoms with Gasteiger partial charge in [-0.1, -0.05) is 39.0 Å². The van der Waals surface area contributed by atoms with Gasteiger partial charge >= 0.3 is 12.2 Å². The fraction of sp³-hybridized carbons (Fsp3) is 0.465. The van der Waals surface area contributed by atoms with E-state index in [0.29, 0.717) is 19.1 Å². The van der Waals surface area contributed by atoms with Gasteiger partial charge in [-0.2, -0.15) is 0 Å². The Morgan fingerprint density at radius 1 is 0.982 bits per heavy atom. The molecule has 294 valence electrons. The van der Waals surface area contributed by atoms with Gasteiger partial charge in [0.15, 0.2) is 0 Å². The van der Waals surface area contributed by atoms with Crippen LogP contribution in [0.15, 0.2) is 48.7 Å². The molecule has 3 aromatic carbocycles. The van der Waals surface area contributed by atoms with Crippen LogP contribution in [0.4, 0.5) is 9.59 Å². The van der Waals surface area contributed by atoms with Crippen molar-refractivity contribution < 1.29 is 28.6 Å². The van der Waals surface area contributed by atoms with Crippen LogP contribution in [-0.4, -0.2) is 79.2 Å². The molecule has 5 aromatic rings. The zero-order valence-corrected chi connectivity index (χ0v) is 33.4. The molecule has 3 aliphatic heterocycles. The molecule has 2 fully saturated rings. The number of carbonyl (C=O) groups excluding carboxylic acids is 3. The SMILES string of the molecule is COC(=O)NC(C(=O)N1[C@@H](C)CC[C@H]1c1nc2c(ccc3cc4c(cc32)OCc2cc(-c3cnc(C5C[C@H](C)CN5C(=O)OC(C)(C)C)[nH]3)ccc2-4)[nH]1)C(C)C. The fourth-order valence-corrected chi connectivity index (χ4v) is 8.59. The van der Waals surface area contributed by atoms with E-state index in [1.54, 1.807) is 4.90 Å². The smallest absolute Gasteiger partial charge is 0.410 e. The second kappa shape index (κ2) is 14.2. The van der Waals surface area contributed by atoms with E-state index in [1.165, 1.54) is 7.11 Å². The lowest BCUT2D eigenvalue weighted by Gasteiger charge is -2.32. The first-order chi connectivity index (χ1) is 26.7. The molecule has 2 unspecified atom stereocenters. The number of imidazole rings is 2. The Balaban J connectivity index is 1.06. The summed E-state index contributed by atoms with van der Waals surface area (Å²) in [6, 6.07) is 13.6. The Bertz CT molecular complexity index is 2340. The van der Waals surface area contributed by atoms with Crippen LogP contribution in [0.25, 0.3) is 44.2 Å². The number of amides is 3. The number of ether oxygens (including phenoxy) is 3. The van der Waals surface area contributed by atoms with Crippen molar-refractivity contribution in [3.05, 3.63) is 65.9 Å². The van der Waals surface area contributed by atoms with Crippen LogP contribution in [0.1, 0.15) is 97.0 Å². The summed E-state index contributed by atoms with van der Waals surface area (Å²) in [6.07, 6.45) is 3.30. The number of carbonyl (C=O) groups is 3. The van der Waals surface area contributed by atoms with Crippen LogP contribution in [0, 0.1) is 11.8 Å². The quantitative estimate of drug-likeness (QED) is 0.156. The lowest BCUT2D eigenvalue weighted by Crippen LogP contribution is -2.52. The summed E-state index contributed by atoms with van der Waals surface area (Å²) in [7, 11) is 1.30. The predicted octanol–water partition coefficient (Wildman–Crippen LogP) is 8.42. The summed E-state index contributed by atoms with van der Waals surface area (Å²) in [4.78, 5) is 59.7. The van der Waals surface area contributed by atoms with Gasteiger partial charge in [-0.15, -0.1) is 0 Å². The fourth-order valence-electron chi connectivity index (χ4n) is 8.59. The van der Waals surface area contributed by atoms with Crippen LogP contribution < -0.4 is 10.1 Å². The van der Waals surface area contributed by atoms with Crippen LogP contribution in [-0.2, 0) is 20.9 Å². The monoisotopic (exact) mass is 761 g/mol. The number of likely N-dealkylation sites (tertiary alicyclic amines) is 2. The molecule has 0 aliphatic carbocycles. The summed E-state index contributed by atoms with van der Waals surface area (Å²) in [5.41, 5.74) is 6.19. The molecule has 13 nitrogen and oxygen atoms in total. The zero-order valence-electron chi connectivity index (χ0n) is 33.4. The minimum Gasteiger partial charge on any atom is -0.488 e. The number of nitrogens with one attached hydrogen (secondary N) is 3. The van der Waals surface area contributed by atoms with Gasteiger partial charge in [0, 0.05) is 23.5 Å². The van der Waals surface area contributed by atoms with E-state index in [1.807, 2.05) is 58.7 Å². The first-order valence-corrected chi connectivity index (χ1v) is 19.6. The Morgan fingerprint density at radius 3 is 2.54 bits per heavy atom. The third-order valence-electron chi connectivity index (χ3n) is 11.4. The maximum absolute atomic E-state index is 13.9. The van der Waals surface area contributed by atoms with Crippen molar-refractivity contribution in [2.24, 2.45) is 11.8 Å². The maximum atomic E-state index is 13.9. The van der Waals surface area contributed by atoms with Crippen LogP contribution in [0.5, 0.6) is 5.75 Å². The summed E-state index contributed by atoms with van der Waals surface area (Å²) < 4.78 is 16.9. The maximum Gasteiger partial charge on any atom is 0.410 e. The molecule has 13 heteroatoms. The molecule has 56 heavy (non-hydrogen) atoms. The molecule has 3 aliphatic rings. The number of nitrogens with zero attached hydrogens (tertiary/aromatic N) is 4. The van der Waals surface area contributed by atoms with Crippen molar-refractivity contribution in [1.29, 1.82) is 0 Å². The van der Waals surface area contributed by atoms with Crippen molar-refractivity contribution in [2.45, 2.75) is 104 Å². The Kier molecular flexibility index (Phi) is 9.45. The zero-order chi connectivity index (χ0) is 39.6. The normalized spacial score (nSPS) is 21.2. The number of aromatic amines is 2. The number of aromatic nitrogens is 4. The average Bonchev–Trinajstić information content (AvgIpc) is 3.97. The molecule has 0 bridgehead atoms. The topological polar surface area (TPSA) is 155 Å². The highest BCUT2D eigenvalue weighted by Crippen LogP contribution is 2.44. The number of hydrogen-bond donors (Lipinski definition) is 3. The number of methoxy groups -OCH3 is 1. The number of rotatable bonds is 6. The molecule has 8 rings (SSSR count). The molecule has 0 spiro atoms. The first kappa shape index (κ1) is 37.3. The minimum atomic E-state index is -0.715. The van der Waals surface area contributed by atoms with E-state index in [2.05, 4.69) is 58.6 Å². The second-order valence-corrected chi connectivity index (χ2v) is 17.0. The largest absolute Gasteiger partial charge is 0.488 e. The second-order valence-electron chi connectivity index (χ2n) is 17.0. The van der Waals surface area contributed by atoms with Crippen molar-refractivity contribution in [1.82, 2.24) is 35.1 Å². The number of fused-ring (bicyclic) bond motifs is 6. The van der Waals surface area contributed by atoms with Crippen LogP contribution in [0.2, 0.25) is 0 Å². The van der Waals surface area contributed by atoms with E-state index < -0.39 is 17.7 Å². The molecule has 2 saturated heterocycles. The van der Waals surface area contributed by atoms with E-state index in [9.17, 15) is 14.4 Å². The Morgan fingerprint density at radius 2 is 1.79 bits per heavy atom. The number of hydrogen-bond acceptors (Lipinski definition) is 8. The van der Waals surface area contributed by atoms with E-state index in [4.69, 9.17) is 24.2 Å². The van der Waals surface area contributed by atoms with E-state index >= 15 is 0 Å². The highest BCUT2D eigenvalue weighted by molar-refractivity contribution is 6.07. The van der Waals surface area contributed by atoms with Gasteiger partial charge < -0.3 is 34.4 Å². The molecular formula is C43H51N7O6. The summed E-state index contributed by atoms with van der Waals surface area (Å²) in [5.74, 6) is 2.34. The number of H-pyrrole nitrogens is 2. The van der Waals surface area contributed by atoms with Gasteiger partial charge in [0.05, 0.1) is 42.1 Å². The molecular weight excluding hydrogens is 711 g/mol. The summed E-state index contributed by atoms with van der Waals surface area (Å²) in [5, 5.41) is 4.74. The molecule has 5 heterocycles. The minimum absolute atomic E-state index is 0.0138. The first-order valence-electron chi connectivity index (χ1n) is 19.6. The van der Waals surface area contributed by atoms with Crippen molar-refractivity contribution in [3.63, 3.8) is 0 Å². The third kappa shape index (κ3) is 6.81. The highest BCUT2D eigenvalue weighted by Gasteiger charge is 2.42. The lowest BCUT2D eigenvalue weighted by atomic mass is 9.92. The van der Waals surface area contributed by atoms with Crippen molar-refractivity contribution in [2.75, 3.05) is 13.7 Å². The molecule has 5 atom stereocenters. The van der Waals surface area contributed by atoms with Gasteiger partial charge in [0.2, 0.25) is 5.91 Å². The van der Waals surface area contributed by atoms with Gasteiger partial charge in [-0.3, -0.25) is 9.69 Å². The Labute approximate surface area is 326 Å². The van der Waals surface area contributed by atoms with Crippen LogP contribution >= 0.6 is 0 Å². The highest BCUT2D eigenvalue weighted by atomic mass is 16.6. The third-order valence-corrected chi connectivity index (χ3v) is 11.4. The number of benzene rings is 3. The molecule has 3 N–H and O–H groups in total. The summed E-state index contributed by atoms with van der Waals surface area (Å²) in [6.45, 7) is 14.7. The van der Waals surface area contributed by atoms with Crippen molar-refractivity contribution in [3.8, 4) is 28.1 Å². The number of alkyl carbamates (subject to hydrolysis) is 1. The molecule has 0 radical (unpaired) electrons. The summed E-state index contributed by atoms with van der Waals surface area (Å²) >= 11 is 0. The predicted molar refractivity (Wildman–Crippen MR) is 213 cm³/mol. The van der Waals surface area contributed by atoms with Gasteiger partial charge in [-0.25, -0.2) is 19.6 Å². The standard InChI is InChI=1S/C43H51N7O6/c1-22(2)36(48-41(52)54-8)40(51)50-24(4)9-14-33(50)39-45-31-13-11-25-17-30-28-12-10-26(16-27(28)21-55-35(30)18-29(25)37(31)47-39)32-19-44-38(46-32)34-15-23(3)20-49(34)42(53)56-43(5,6)7/h10-13,16-19,22-24,33-34,36H,9,14-15,20-21H2,1-8H3,(H,44,46)(H,45,47)(H,48,52)/t23-,24-,33-,34?,36?/m0/s1. The van der Waals surface area contributed by atoms with Gasteiger partial charge in [0.25, 0.3) is 0 Å². The molecule has 2 aromatic heterocycles. The molecule has 3 amide bonds. The van der Waals surface area contributed by atoms with E-state index in [0.717, 1.165) is 86.4 Å². The van der Waals surface area contributed by atoms with Crippen molar-refractivity contribution >= 4 is 39.9 Å². The van der Waals surface area contributed by atoms with Crippen LogP contribution in [0.3, 0.4) is 0 Å². The lowest BCUT2D eigenvalue weighted by molar-refractivity contribution is -0.137. The molecule has 0 saturated carbocycles. The Hall–Kier alpha value is -5.59.